The first-order valence-corrected chi connectivity index (χ1v) is 5.85. The summed E-state index contributed by atoms with van der Waals surface area (Å²) in [5, 5.41) is 3.88. The van der Waals surface area contributed by atoms with E-state index >= 15 is 0 Å². The first-order valence-electron chi connectivity index (χ1n) is 5.47. The highest BCUT2D eigenvalue weighted by Gasteiger charge is 2.08. The molecule has 17 heavy (non-hydrogen) atoms. The largest absolute Gasteiger partial charge is 0.375 e. The number of pyridine rings is 2. The molecule has 0 amide bonds. The molecular weight excluding hydrogens is 234 g/mol. The number of halogens is 1. The Morgan fingerprint density at radius 2 is 2.06 bits per heavy atom. The van der Waals surface area contributed by atoms with Gasteiger partial charge >= 0.3 is 0 Å². The van der Waals surface area contributed by atoms with E-state index in [1.807, 2.05) is 31.2 Å². The minimum absolute atomic E-state index is 0.137. The lowest BCUT2D eigenvalue weighted by molar-refractivity contribution is 0.835. The van der Waals surface area contributed by atoms with Gasteiger partial charge < -0.3 is 5.32 Å². The van der Waals surface area contributed by atoms with Crippen molar-refractivity contribution in [1.82, 2.24) is 9.97 Å². The van der Waals surface area contributed by atoms with Gasteiger partial charge in [0.15, 0.2) is 0 Å². The van der Waals surface area contributed by atoms with E-state index < -0.39 is 0 Å². The summed E-state index contributed by atoms with van der Waals surface area (Å²) in [6.45, 7) is 4.00. The molecule has 0 radical (unpaired) electrons. The highest BCUT2D eigenvalue weighted by Crippen LogP contribution is 2.21. The number of anilines is 1. The standard InChI is InChI=1S/C13H14ClN3/c1-9(11-5-3-4-8-15-11)16-12-6-7-13(14)17-10(12)2/h3-9,16H,1-2H3. The SMILES string of the molecule is Cc1nc(Cl)ccc1NC(C)c1ccccn1. The van der Waals surface area contributed by atoms with Gasteiger partial charge in [0.1, 0.15) is 5.15 Å². The molecule has 1 N–H and O–H groups in total. The molecule has 4 heteroatoms. The molecule has 2 aromatic heterocycles. The van der Waals surface area contributed by atoms with Crippen LogP contribution >= 0.6 is 11.6 Å². The number of rotatable bonds is 3. The lowest BCUT2D eigenvalue weighted by Crippen LogP contribution is -2.09. The monoisotopic (exact) mass is 247 g/mol. The molecule has 0 bridgehead atoms. The number of nitrogens with zero attached hydrogens (tertiary/aromatic N) is 2. The van der Waals surface area contributed by atoms with E-state index in [1.54, 1.807) is 12.3 Å². The molecule has 1 unspecified atom stereocenters. The van der Waals surface area contributed by atoms with E-state index in [0.717, 1.165) is 17.1 Å². The van der Waals surface area contributed by atoms with Crippen LogP contribution in [0.2, 0.25) is 5.15 Å². The van der Waals surface area contributed by atoms with Crippen LogP contribution in [0, 0.1) is 6.92 Å². The Morgan fingerprint density at radius 1 is 1.24 bits per heavy atom. The van der Waals surface area contributed by atoms with Crippen LogP contribution in [0.4, 0.5) is 5.69 Å². The van der Waals surface area contributed by atoms with Crippen molar-refractivity contribution >= 4 is 17.3 Å². The molecule has 0 fully saturated rings. The number of nitrogens with one attached hydrogen (secondary N) is 1. The second kappa shape index (κ2) is 5.15. The Morgan fingerprint density at radius 3 is 2.71 bits per heavy atom. The number of hydrogen-bond donors (Lipinski definition) is 1. The van der Waals surface area contributed by atoms with Gasteiger partial charge in [0.25, 0.3) is 0 Å². The van der Waals surface area contributed by atoms with Crippen LogP contribution in [0.15, 0.2) is 36.5 Å². The summed E-state index contributed by atoms with van der Waals surface area (Å²) in [6.07, 6.45) is 1.79. The van der Waals surface area contributed by atoms with Gasteiger partial charge in [0, 0.05) is 6.20 Å². The van der Waals surface area contributed by atoms with E-state index in [4.69, 9.17) is 11.6 Å². The van der Waals surface area contributed by atoms with Crippen LogP contribution in [-0.4, -0.2) is 9.97 Å². The van der Waals surface area contributed by atoms with Crippen molar-refractivity contribution in [2.24, 2.45) is 0 Å². The zero-order chi connectivity index (χ0) is 12.3. The minimum atomic E-state index is 0.137. The molecule has 0 aromatic carbocycles. The third-order valence-corrected chi connectivity index (χ3v) is 2.77. The molecule has 88 valence electrons. The van der Waals surface area contributed by atoms with Gasteiger partial charge in [-0.1, -0.05) is 17.7 Å². The smallest absolute Gasteiger partial charge is 0.129 e. The zero-order valence-electron chi connectivity index (χ0n) is 9.81. The fourth-order valence-corrected chi connectivity index (χ4v) is 1.81. The van der Waals surface area contributed by atoms with Gasteiger partial charge in [-0.05, 0) is 38.1 Å². The average Bonchev–Trinajstić information content (AvgIpc) is 2.34. The molecule has 0 saturated carbocycles. The summed E-state index contributed by atoms with van der Waals surface area (Å²) in [4.78, 5) is 8.52. The Kier molecular flexibility index (Phi) is 3.59. The molecule has 0 aliphatic heterocycles. The molecule has 0 aliphatic rings. The van der Waals surface area contributed by atoms with E-state index in [2.05, 4.69) is 22.2 Å². The van der Waals surface area contributed by atoms with Crippen molar-refractivity contribution in [3.8, 4) is 0 Å². The summed E-state index contributed by atoms with van der Waals surface area (Å²) in [5.41, 5.74) is 2.87. The second-order valence-corrected chi connectivity index (χ2v) is 4.27. The molecule has 0 saturated heterocycles. The van der Waals surface area contributed by atoms with Gasteiger partial charge in [-0.25, -0.2) is 4.98 Å². The summed E-state index contributed by atoms with van der Waals surface area (Å²) in [6, 6.07) is 9.74. The van der Waals surface area contributed by atoms with Crippen LogP contribution in [-0.2, 0) is 0 Å². The topological polar surface area (TPSA) is 37.8 Å². The van der Waals surface area contributed by atoms with E-state index in [1.165, 1.54) is 0 Å². The van der Waals surface area contributed by atoms with Crippen molar-refractivity contribution in [2.45, 2.75) is 19.9 Å². The minimum Gasteiger partial charge on any atom is -0.375 e. The maximum Gasteiger partial charge on any atom is 0.129 e. The Hall–Kier alpha value is -1.61. The van der Waals surface area contributed by atoms with E-state index in [9.17, 15) is 0 Å². The highest BCUT2D eigenvalue weighted by molar-refractivity contribution is 6.29. The summed E-state index contributed by atoms with van der Waals surface area (Å²) in [5.74, 6) is 0. The van der Waals surface area contributed by atoms with Crippen molar-refractivity contribution in [2.75, 3.05) is 5.32 Å². The fourth-order valence-electron chi connectivity index (χ4n) is 1.62. The van der Waals surface area contributed by atoms with Gasteiger partial charge in [-0.3, -0.25) is 4.98 Å². The number of aryl methyl sites for hydroxylation is 1. The van der Waals surface area contributed by atoms with Crippen LogP contribution < -0.4 is 5.32 Å². The van der Waals surface area contributed by atoms with Gasteiger partial charge in [-0.15, -0.1) is 0 Å². The predicted molar refractivity (Wildman–Crippen MR) is 70.3 cm³/mol. The molecule has 0 aliphatic carbocycles. The zero-order valence-corrected chi connectivity index (χ0v) is 10.6. The fraction of sp³-hybridized carbons (Fsp3) is 0.231. The number of aromatic nitrogens is 2. The van der Waals surface area contributed by atoms with Crippen LogP contribution in [0.1, 0.15) is 24.4 Å². The van der Waals surface area contributed by atoms with Crippen LogP contribution in [0.3, 0.4) is 0 Å². The van der Waals surface area contributed by atoms with Gasteiger partial charge in [-0.2, -0.15) is 0 Å². The maximum absolute atomic E-state index is 5.82. The molecule has 0 spiro atoms. The first kappa shape index (κ1) is 11.9. The van der Waals surface area contributed by atoms with Crippen molar-refractivity contribution in [3.63, 3.8) is 0 Å². The van der Waals surface area contributed by atoms with Crippen molar-refractivity contribution < 1.29 is 0 Å². The number of hydrogen-bond acceptors (Lipinski definition) is 3. The summed E-state index contributed by atoms with van der Waals surface area (Å²) < 4.78 is 0. The van der Waals surface area contributed by atoms with Gasteiger partial charge in [0.2, 0.25) is 0 Å². The lowest BCUT2D eigenvalue weighted by atomic mass is 10.2. The van der Waals surface area contributed by atoms with Crippen LogP contribution in [0.25, 0.3) is 0 Å². The molecule has 2 aromatic rings. The summed E-state index contributed by atoms with van der Waals surface area (Å²) >= 11 is 5.82. The van der Waals surface area contributed by atoms with Gasteiger partial charge in [0.05, 0.1) is 23.1 Å². The molecular formula is C13H14ClN3. The maximum atomic E-state index is 5.82. The first-order chi connectivity index (χ1) is 8.16. The summed E-state index contributed by atoms with van der Waals surface area (Å²) in [7, 11) is 0. The molecule has 3 nitrogen and oxygen atoms in total. The Labute approximate surface area is 106 Å². The lowest BCUT2D eigenvalue weighted by Gasteiger charge is -2.16. The van der Waals surface area contributed by atoms with Crippen molar-refractivity contribution in [1.29, 1.82) is 0 Å². The Bertz CT molecular complexity index is 499. The Balaban J connectivity index is 2.16. The highest BCUT2D eigenvalue weighted by atomic mass is 35.5. The average molecular weight is 248 g/mol. The predicted octanol–water partition coefficient (Wildman–Crippen LogP) is 3.61. The molecule has 1 atom stereocenters. The third kappa shape index (κ3) is 2.94. The third-order valence-electron chi connectivity index (χ3n) is 2.56. The van der Waals surface area contributed by atoms with E-state index in [0.29, 0.717) is 5.15 Å². The van der Waals surface area contributed by atoms with Crippen molar-refractivity contribution in [3.05, 3.63) is 53.1 Å². The molecule has 2 heterocycles. The quantitative estimate of drug-likeness (QED) is 0.842. The molecule has 2 rings (SSSR count). The second-order valence-electron chi connectivity index (χ2n) is 3.89. The van der Waals surface area contributed by atoms with Crippen LogP contribution in [0.5, 0.6) is 0 Å². The van der Waals surface area contributed by atoms with E-state index in [-0.39, 0.29) is 6.04 Å². The normalized spacial score (nSPS) is 12.2.